The Morgan fingerprint density at radius 1 is 1.47 bits per heavy atom. The highest BCUT2D eigenvalue weighted by molar-refractivity contribution is 5.91. The van der Waals surface area contributed by atoms with Crippen LogP contribution >= 0.6 is 0 Å². The quantitative estimate of drug-likeness (QED) is 0.614. The zero-order valence-electron chi connectivity index (χ0n) is 9.83. The summed E-state index contributed by atoms with van der Waals surface area (Å²) in [7, 11) is 1.62. The molecule has 1 aliphatic heterocycles. The van der Waals surface area contributed by atoms with E-state index in [1.54, 1.807) is 34.7 Å². The number of likely N-dealkylation sites (N-methyl/N-ethyl adjacent to an activating group) is 1. The number of hydrogen-bond acceptors (Lipinski definition) is 3. The normalized spacial score (nSPS) is 21.7. The van der Waals surface area contributed by atoms with E-state index in [0.29, 0.717) is 0 Å². The molecular formula is C11H17NO3. The molecule has 0 bridgehead atoms. The summed E-state index contributed by atoms with van der Waals surface area (Å²) < 4.78 is 5.27. The second-order valence-corrected chi connectivity index (χ2v) is 4.85. The average molecular weight is 211 g/mol. The number of amides is 1. The summed E-state index contributed by atoms with van der Waals surface area (Å²) in [6.07, 6.45) is 0.949. The number of rotatable bonds is 1. The smallest absolute Gasteiger partial charge is 0.313 e. The summed E-state index contributed by atoms with van der Waals surface area (Å²) in [5.41, 5.74) is 0.215. The van der Waals surface area contributed by atoms with Gasteiger partial charge in [-0.2, -0.15) is 0 Å². The molecule has 1 atom stereocenters. The van der Waals surface area contributed by atoms with Crippen molar-refractivity contribution in [3.8, 4) is 0 Å². The first kappa shape index (κ1) is 11.8. The average Bonchev–Trinajstić information content (AvgIpc) is 2.30. The molecule has 0 radical (unpaired) electrons. The number of ether oxygens (including phenoxy) is 1. The number of nitrogens with zero attached hydrogens (tertiary/aromatic N) is 1. The van der Waals surface area contributed by atoms with Crippen LogP contribution in [0.2, 0.25) is 0 Å². The van der Waals surface area contributed by atoms with Gasteiger partial charge in [0.1, 0.15) is 0 Å². The van der Waals surface area contributed by atoms with Gasteiger partial charge in [0, 0.05) is 13.1 Å². The van der Waals surface area contributed by atoms with E-state index in [1.807, 2.05) is 0 Å². The minimum absolute atomic E-state index is 0.126. The zero-order valence-corrected chi connectivity index (χ0v) is 9.83. The van der Waals surface area contributed by atoms with Crippen LogP contribution in [-0.2, 0) is 14.3 Å². The Labute approximate surface area is 89.9 Å². The fraction of sp³-hybridized carbons (Fsp3) is 0.636. The van der Waals surface area contributed by atoms with Crippen molar-refractivity contribution in [2.45, 2.75) is 33.9 Å². The predicted octanol–water partition coefficient (Wildman–Crippen LogP) is 1.32. The fourth-order valence-electron chi connectivity index (χ4n) is 1.24. The number of hydrogen-bond donors (Lipinski definition) is 0. The molecule has 0 aromatic carbocycles. The van der Waals surface area contributed by atoms with Gasteiger partial charge in [-0.3, -0.25) is 9.59 Å². The lowest BCUT2D eigenvalue weighted by atomic mass is 9.97. The van der Waals surface area contributed by atoms with Gasteiger partial charge in [0.25, 0.3) is 0 Å². The highest BCUT2D eigenvalue weighted by Crippen LogP contribution is 2.23. The Morgan fingerprint density at radius 3 is 2.33 bits per heavy atom. The third-order valence-electron chi connectivity index (χ3n) is 2.27. The van der Waals surface area contributed by atoms with Gasteiger partial charge in [-0.1, -0.05) is 0 Å². The summed E-state index contributed by atoms with van der Waals surface area (Å²) in [5.74, 6) is -0.430. The second-order valence-electron chi connectivity index (χ2n) is 4.85. The van der Waals surface area contributed by atoms with Crippen molar-refractivity contribution in [3.05, 3.63) is 11.6 Å². The van der Waals surface area contributed by atoms with Crippen LogP contribution in [0.3, 0.4) is 0 Å². The van der Waals surface area contributed by atoms with Crippen LogP contribution in [0.15, 0.2) is 11.6 Å². The van der Waals surface area contributed by atoms with E-state index in [2.05, 4.69) is 0 Å². The molecular weight excluding hydrogens is 194 g/mol. The van der Waals surface area contributed by atoms with Gasteiger partial charge in [0.2, 0.25) is 5.91 Å². The molecule has 0 N–H and O–H groups in total. The van der Waals surface area contributed by atoms with Crippen LogP contribution in [0.5, 0.6) is 0 Å². The molecule has 0 saturated heterocycles. The SMILES string of the molecule is CC1=CC(=O)N(C)C1OC(=O)C(C)(C)C. The summed E-state index contributed by atoms with van der Waals surface area (Å²) in [6.45, 7) is 7.13. The van der Waals surface area contributed by atoms with E-state index >= 15 is 0 Å². The molecule has 1 aliphatic rings. The maximum atomic E-state index is 11.6. The molecule has 1 heterocycles. The van der Waals surface area contributed by atoms with E-state index in [9.17, 15) is 9.59 Å². The second kappa shape index (κ2) is 3.68. The van der Waals surface area contributed by atoms with Crippen LogP contribution in [0.25, 0.3) is 0 Å². The maximum Gasteiger partial charge on any atom is 0.313 e. The van der Waals surface area contributed by atoms with Crippen molar-refractivity contribution in [3.63, 3.8) is 0 Å². The Balaban J connectivity index is 2.72. The number of carbonyl (C=O) groups is 2. The van der Waals surface area contributed by atoms with Gasteiger partial charge in [-0.15, -0.1) is 0 Å². The molecule has 0 aromatic heterocycles. The van der Waals surface area contributed by atoms with Crippen molar-refractivity contribution in [2.24, 2.45) is 5.41 Å². The summed E-state index contributed by atoms with van der Waals surface area (Å²) >= 11 is 0. The van der Waals surface area contributed by atoms with Crippen molar-refractivity contribution in [2.75, 3.05) is 7.05 Å². The van der Waals surface area contributed by atoms with Gasteiger partial charge in [-0.25, -0.2) is 0 Å². The molecule has 1 amide bonds. The molecule has 0 fully saturated rings. The van der Waals surface area contributed by atoms with Crippen molar-refractivity contribution >= 4 is 11.9 Å². The predicted molar refractivity (Wildman–Crippen MR) is 55.9 cm³/mol. The third-order valence-corrected chi connectivity index (χ3v) is 2.27. The number of esters is 1. The van der Waals surface area contributed by atoms with Gasteiger partial charge >= 0.3 is 5.97 Å². The topological polar surface area (TPSA) is 46.6 Å². The van der Waals surface area contributed by atoms with Crippen LogP contribution in [0, 0.1) is 5.41 Å². The van der Waals surface area contributed by atoms with E-state index in [1.165, 1.54) is 11.0 Å². The monoisotopic (exact) mass is 211 g/mol. The molecule has 0 aromatic rings. The van der Waals surface area contributed by atoms with E-state index in [-0.39, 0.29) is 11.9 Å². The molecule has 4 heteroatoms. The molecule has 0 saturated carbocycles. The first-order valence-corrected chi connectivity index (χ1v) is 4.89. The maximum absolute atomic E-state index is 11.6. The minimum Gasteiger partial charge on any atom is -0.437 e. The Bertz CT molecular complexity index is 325. The molecule has 15 heavy (non-hydrogen) atoms. The minimum atomic E-state index is -0.549. The first-order valence-electron chi connectivity index (χ1n) is 4.89. The first-order chi connectivity index (χ1) is 6.73. The van der Waals surface area contributed by atoms with Crippen LogP contribution in [0.4, 0.5) is 0 Å². The van der Waals surface area contributed by atoms with Crippen molar-refractivity contribution < 1.29 is 14.3 Å². The van der Waals surface area contributed by atoms with Crippen LogP contribution < -0.4 is 0 Å². The zero-order chi connectivity index (χ0) is 11.8. The van der Waals surface area contributed by atoms with Gasteiger partial charge in [0.05, 0.1) is 5.41 Å². The summed E-state index contributed by atoms with van der Waals surface area (Å²) in [5, 5.41) is 0. The highest BCUT2D eigenvalue weighted by Gasteiger charge is 2.33. The van der Waals surface area contributed by atoms with E-state index < -0.39 is 11.6 Å². The molecule has 4 nitrogen and oxygen atoms in total. The Morgan fingerprint density at radius 2 is 2.00 bits per heavy atom. The largest absolute Gasteiger partial charge is 0.437 e. The molecule has 0 spiro atoms. The lowest BCUT2D eigenvalue weighted by Crippen LogP contribution is -2.38. The lowest BCUT2D eigenvalue weighted by molar-refractivity contribution is -0.165. The molecule has 1 rings (SSSR count). The van der Waals surface area contributed by atoms with Crippen LogP contribution in [0.1, 0.15) is 27.7 Å². The third kappa shape index (κ3) is 2.37. The Hall–Kier alpha value is -1.32. The lowest BCUT2D eigenvalue weighted by Gasteiger charge is -2.26. The highest BCUT2D eigenvalue weighted by atomic mass is 16.6. The molecule has 0 aliphatic carbocycles. The fourth-order valence-corrected chi connectivity index (χ4v) is 1.24. The molecule has 84 valence electrons. The summed E-state index contributed by atoms with van der Waals surface area (Å²) in [4.78, 5) is 24.3. The van der Waals surface area contributed by atoms with E-state index in [0.717, 1.165) is 5.57 Å². The van der Waals surface area contributed by atoms with Gasteiger partial charge in [-0.05, 0) is 33.3 Å². The van der Waals surface area contributed by atoms with E-state index in [4.69, 9.17) is 4.74 Å². The molecule has 1 unspecified atom stereocenters. The van der Waals surface area contributed by atoms with Crippen LogP contribution in [-0.4, -0.2) is 30.1 Å². The van der Waals surface area contributed by atoms with Crippen molar-refractivity contribution in [1.82, 2.24) is 4.90 Å². The standard InChI is InChI=1S/C11H17NO3/c1-7-6-8(13)12(5)9(7)15-10(14)11(2,3)4/h6,9H,1-5H3. The number of carbonyl (C=O) groups excluding carboxylic acids is 2. The van der Waals surface area contributed by atoms with Crippen molar-refractivity contribution in [1.29, 1.82) is 0 Å². The Kier molecular flexibility index (Phi) is 2.88. The van der Waals surface area contributed by atoms with Gasteiger partial charge in [0.15, 0.2) is 6.23 Å². The van der Waals surface area contributed by atoms with Gasteiger partial charge < -0.3 is 9.64 Å². The summed E-state index contributed by atoms with van der Waals surface area (Å²) in [6, 6.07) is 0.